The van der Waals surface area contributed by atoms with Crippen LogP contribution in [-0.4, -0.2) is 10.2 Å². The van der Waals surface area contributed by atoms with Crippen LogP contribution in [0, 0.1) is 0 Å². The lowest BCUT2D eigenvalue weighted by atomic mass is 10.3. The number of hydrogen-bond donors (Lipinski definition) is 1. The van der Waals surface area contributed by atoms with Crippen molar-refractivity contribution in [3.63, 3.8) is 0 Å². The van der Waals surface area contributed by atoms with Crippen LogP contribution in [0.4, 0.5) is 10.1 Å². The number of anilines is 1. The van der Waals surface area contributed by atoms with Crippen molar-refractivity contribution in [3.8, 4) is 0 Å². The normalized spacial score (nSPS) is 12.5. The van der Waals surface area contributed by atoms with Crippen LogP contribution in [0.3, 0.4) is 0 Å². The SMILES string of the molecule is O=S(CF)Nc1ccccc1. The van der Waals surface area contributed by atoms with Crippen molar-refractivity contribution >= 4 is 16.7 Å². The standard InChI is InChI=1S/C7H8FNOS/c8-6-11(10)9-7-4-2-1-3-5-7/h1-5,9H,6H2. The summed E-state index contributed by atoms with van der Waals surface area (Å²) in [6.45, 7) is 0. The molecular formula is C7H8FNOS. The lowest BCUT2D eigenvalue weighted by molar-refractivity contribution is 0.582. The highest BCUT2D eigenvalue weighted by Gasteiger charge is 1.95. The Labute approximate surface area is 67.0 Å². The van der Waals surface area contributed by atoms with Gasteiger partial charge in [-0.3, -0.25) is 0 Å². The monoisotopic (exact) mass is 173 g/mol. The topological polar surface area (TPSA) is 29.1 Å². The molecule has 0 saturated carbocycles. The Kier molecular flexibility index (Phi) is 3.04. The first kappa shape index (κ1) is 8.20. The number of nitrogens with one attached hydrogen (secondary N) is 1. The third-order valence-electron chi connectivity index (χ3n) is 1.10. The van der Waals surface area contributed by atoms with Gasteiger partial charge in [-0.25, -0.2) is 8.60 Å². The zero-order valence-corrected chi connectivity index (χ0v) is 6.60. The molecule has 2 nitrogen and oxygen atoms in total. The molecule has 1 rings (SSSR count). The molecule has 0 amide bonds. The minimum absolute atomic E-state index is 0.670. The van der Waals surface area contributed by atoms with Gasteiger partial charge in [0, 0.05) is 5.69 Å². The Morgan fingerprint density at radius 2 is 2.00 bits per heavy atom. The molecule has 0 aliphatic heterocycles. The predicted octanol–water partition coefficient (Wildman–Crippen LogP) is 1.69. The molecule has 0 aliphatic rings. The molecule has 60 valence electrons. The number of para-hydroxylation sites is 1. The average molecular weight is 173 g/mol. The largest absolute Gasteiger partial charge is 0.303 e. The predicted molar refractivity (Wildman–Crippen MR) is 44.2 cm³/mol. The van der Waals surface area contributed by atoms with Crippen molar-refractivity contribution < 1.29 is 8.60 Å². The lowest BCUT2D eigenvalue weighted by Crippen LogP contribution is -2.04. The van der Waals surface area contributed by atoms with Crippen LogP contribution in [0.2, 0.25) is 0 Å². The second kappa shape index (κ2) is 4.08. The van der Waals surface area contributed by atoms with Crippen LogP contribution in [0.1, 0.15) is 0 Å². The molecule has 0 radical (unpaired) electrons. The molecule has 11 heavy (non-hydrogen) atoms. The molecule has 4 heteroatoms. The van der Waals surface area contributed by atoms with E-state index in [4.69, 9.17) is 0 Å². The number of hydrogen-bond acceptors (Lipinski definition) is 1. The molecule has 0 bridgehead atoms. The maximum absolute atomic E-state index is 11.7. The van der Waals surface area contributed by atoms with Crippen LogP contribution < -0.4 is 4.72 Å². The quantitative estimate of drug-likeness (QED) is 0.740. The average Bonchev–Trinajstić information content (AvgIpc) is 2.06. The molecule has 1 N–H and O–H groups in total. The highest BCUT2D eigenvalue weighted by molar-refractivity contribution is 7.86. The molecule has 1 atom stereocenters. The van der Waals surface area contributed by atoms with Gasteiger partial charge in [-0.1, -0.05) is 18.2 Å². The summed E-state index contributed by atoms with van der Waals surface area (Å²) in [5, 5.41) is 0. The van der Waals surface area contributed by atoms with E-state index in [1.165, 1.54) is 0 Å². The minimum Gasteiger partial charge on any atom is -0.303 e. The molecule has 1 unspecified atom stereocenters. The zero-order valence-electron chi connectivity index (χ0n) is 5.79. The molecule has 0 saturated heterocycles. The zero-order chi connectivity index (χ0) is 8.10. The van der Waals surface area contributed by atoms with E-state index in [0.717, 1.165) is 0 Å². The Balaban J connectivity index is 2.58. The summed E-state index contributed by atoms with van der Waals surface area (Å²) < 4.78 is 24.8. The Bertz CT molecular complexity index is 239. The van der Waals surface area contributed by atoms with Crippen LogP contribution >= 0.6 is 0 Å². The number of benzene rings is 1. The number of halogens is 1. The number of rotatable bonds is 3. The van der Waals surface area contributed by atoms with Gasteiger partial charge in [0.1, 0.15) is 11.0 Å². The lowest BCUT2D eigenvalue weighted by Gasteiger charge is -2.00. The molecule has 0 heterocycles. The van der Waals surface area contributed by atoms with Crippen LogP contribution in [0.15, 0.2) is 30.3 Å². The first-order valence-corrected chi connectivity index (χ1v) is 4.41. The van der Waals surface area contributed by atoms with E-state index in [0.29, 0.717) is 5.69 Å². The van der Waals surface area contributed by atoms with Gasteiger partial charge in [-0.2, -0.15) is 0 Å². The smallest absolute Gasteiger partial charge is 0.184 e. The fourth-order valence-electron chi connectivity index (χ4n) is 0.665. The molecule has 1 aromatic carbocycles. The molecule has 0 fully saturated rings. The Morgan fingerprint density at radius 3 is 2.55 bits per heavy atom. The third-order valence-corrected chi connectivity index (χ3v) is 1.77. The van der Waals surface area contributed by atoms with Crippen molar-refractivity contribution in [3.05, 3.63) is 30.3 Å². The maximum atomic E-state index is 11.7. The summed E-state index contributed by atoms with van der Waals surface area (Å²) in [6.07, 6.45) is 0. The van der Waals surface area contributed by atoms with Crippen LogP contribution in [0.25, 0.3) is 0 Å². The van der Waals surface area contributed by atoms with Gasteiger partial charge in [0.05, 0.1) is 0 Å². The van der Waals surface area contributed by atoms with E-state index >= 15 is 0 Å². The van der Waals surface area contributed by atoms with Gasteiger partial charge in [-0.15, -0.1) is 0 Å². The van der Waals surface area contributed by atoms with Gasteiger partial charge in [0.2, 0.25) is 0 Å². The highest BCUT2D eigenvalue weighted by Crippen LogP contribution is 2.05. The first-order valence-electron chi connectivity index (χ1n) is 3.09. The minimum atomic E-state index is -1.59. The Hall–Kier alpha value is -0.900. The molecule has 0 aromatic heterocycles. The second-order valence-electron chi connectivity index (χ2n) is 1.92. The van der Waals surface area contributed by atoms with Crippen molar-refractivity contribution in [2.75, 3.05) is 10.7 Å². The molecule has 0 spiro atoms. The summed E-state index contributed by atoms with van der Waals surface area (Å²) in [5.41, 5.74) is 0.670. The summed E-state index contributed by atoms with van der Waals surface area (Å²) in [5.74, 6) is 0. The van der Waals surface area contributed by atoms with Crippen molar-refractivity contribution in [2.45, 2.75) is 0 Å². The van der Waals surface area contributed by atoms with E-state index in [9.17, 15) is 8.60 Å². The van der Waals surface area contributed by atoms with Gasteiger partial charge in [0.15, 0.2) is 6.01 Å². The summed E-state index contributed by atoms with van der Waals surface area (Å²) in [7, 11) is -1.59. The fourth-order valence-corrected chi connectivity index (χ4v) is 1.12. The van der Waals surface area contributed by atoms with Crippen molar-refractivity contribution in [1.82, 2.24) is 0 Å². The molecule has 0 aliphatic carbocycles. The first-order chi connectivity index (χ1) is 5.33. The van der Waals surface area contributed by atoms with Crippen LogP contribution in [-0.2, 0) is 11.0 Å². The maximum Gasteiger partial charge on any atom is 0.184 e. The van der Waals surface area contributed by atoms with E-state index in [1.54, 1.807) is 24.3 Å². The van der Waals surface area contributed by atoms with Gasteiger partial charge >= 0.3 is 0 Å². The third kappa shape index (κ3) is 2.67. The number of alkyl halides is 1. The molecule has 1 aromatic rings. The van der Waals surface area contributed by atoms with Crippen molar-refractivity contribution in [1.29, 1.82) is 0 Å². The van der Waals surface area contributed by atoms with Crippen LogP contribution in [0.5, 0.6) is 0 Å². The van der Waals surface area contributed by atoms with Gasteiger partial charge in [0.25, 0.3) is 0 Å². The highest BCUT2D eigenvalue weighted by atomic mass is 32.2. The molecular weight excluding hydrogens is 165 g/mol. The van der Waals surface area contributed by atoms with Gasteiger partial charge < -0.3 is 4.72 Å². The second-order valence-corrected chi connectivity index (χ2v) is 3.04. The van der Waals surface area contributed by atoms with E-state index in [1.807, 2.05) is 6.07 Å². The van der Waals surface area contributed by atoms with Crippen molar-refractivity contribution in [2.24, 2.45) is 0 Å². The van der Waals surface area contributed by atoms with E-state index in [2.05, 4.69) is 4.72 Å². The van der Waals surface area contributed by atoms with E-state index < -0.39 is 17.0 Å². The summed E-state index contributed by atoms with van der Waals surface area (Å²) >= 11 is 0. The summed E-state index contributed by atoms with van der Waals surface area (Å²) in [6, 6.07) is 8.01. The fraction of sp³-hybridized carbons (Fsp3) is 0.143. The summed E-state index contributed by atoms with van der Waals surface area (Å²) in [4.78, 5) is 0. The Morgan fingerprint density at radius 1 is 1.36 bits per heavy atom. The van der Waals surface area contributed by atoms with Gasteiger partial charge in [-0.05, 0) is 12.1 Å². The van der Waals surface area contributed by atoms with E-state index in [-0.39, 0.29) is 0 Å².